The zero-order valence-electron chi connectivity index (χ0n) is 14.8. The quantitative estimate of drug-likeness (QED) is 0.740. The molecule has 3 aromatic rings. The normalized spacial score (nSPS) is 12.3. The fraction of sp³-hybridized carbons (Fsp3) is 0.227. The van der Waals surface area contributed by atoms with E-state index in [1.54, 1.807) is 0 Å². The highest BCUT2D eigenvalue weighted by molar-refractivity contribution is 5.83. The highest BCUT2D eigenvalue weighted by atomic mass is 16.2. The number of hydrogen-bond donors (Lipinski definition) is 1. The smallest absolute Gasteiger partial charge is 0.237 e. The molecule has 128 valence electrons. The zero-order chi connectivity index (χ0) is 17.6. The van der Waals surface area contributed by atoms with E-state index in [0.717, 1.165) is 12.1 Å². The van der Waals surface area contributed by atoms with E-state index in [4.69, 9.17) is 0 Å². The number of amides is 1. The second-order valence-corrected chi connectivity index (χ2v) is 6.48. The molecule has 0 bridgehead atoms. The molecule has 3 rings (SSSR count). The Balaban J connectivity index is 1.59. The fourth-order valence-electron chi connectivity index (χ4n) is 2.89. The van der Waals surface area contributed by atoms with Crippen molar-refractivity contribution >= 4 is 16.7 Å². The minimum atomic E-state index is -0.185. The lowest BCUT2D eigenvalue weighted by Crippen LogP contribution is -2.42. The van der Waals surface area contributed by atoms with Gasteiger partial charge >= 0.3 is 0 Å². The maximum atomic E-state index is 12.4. The molecule has 3 nitrogen and oxygen atoms in total. The van der Waals surface area contributed by atoms with Gasteiger partial charge in [-0.1, -0.05) is 66.7 Å². The number of rotatable bonds is 6. The van der Waals surface area contributed by atoms with Crippen LogP contribution in [0.5, 0.6) is 0 Å². The Labute approximate surface area is 149 Å². The first-order valence-electron chi connectivity index (χ1n) is 8.63. The Bertz CT molecular complexity index is 845. The van der Waals surface area contributed by atoms with Crippen LogP contribution in [0.3, 0.4) is 0 Å². The van der Waals surface area contributed by atoms with E-state index < -0.39 is 0 Å². The van der Waals surface area contributed by atoms with Crippen LogP contribution in [0.2, 0.25) is 0 Å². The van der Waals surface area contributed by atoms with Gasteiger partial charge in [-0.05, 0) is 41.9 Å². The second kappa shape index (κ2) is 7.95. The van der Waals surface area contributed by atoms with Gasteiger partial charge in [-0.3, -0.25) is 9.69 Å². The van der Waals surface area contributed by atoms with Gasteiger partial charge in [-0.25, -0.2) is 0 Å². The van der Waals surface area contributed by atoms with Crippen LogP contribution < -0.4 is 5.32 Å². The monoisotopic (exact) mass is 332 g/mol. The number of fused-ring (bicyclic) bond motifs is 1. The second-order valence-electron chi connectivity index (χ2n) is 6.48. The minimum absolute atomic E-state index is 0.0483. The number of likely N-dealkylation sites (N-methyl/N-ethyl adjacent to an activating group) is 1. The Kier molecular flexibility index (Phi) is 5.46. The van der Waals surface area contributed by atoms with Gasteiger partial charge in [0.2, 0.25) is 5.91 Å². The summed E-state index contributed by atoms with van der Waals surface area (Å²) in [6, 6.07) is 24.6. The number of nitrogens with zero attached hydrogens (tertiary/aromatic N) is 1. The molecule has 0 saturated heterocycles. The number of carbonyl (C=O) groups excluding carboxylic acids is 1. The molecular weight excluding hydrogens is 308 g/mol. The lowest BCUT2D eigenvalue weighted by atomic mass is 10.1. The third-order valence-electron chi connectivity index (χ3n) is 4.60. The largest absolute Gasteiger partial charge is 0.351 e. The van der Waals surface area contributed by atoms with Crippen molar-refractivity contribution in [2.45, 2.75) is 26.1 Å². The van der Waals surface area contributed by atoms with Crippen molar-refractivity contribution in [3.63, 3.8) is 0 Å². The van der Waals surface area contributed by atoms with Crippen molar-refractivity contribution in [2.75, 3.05) is 7.05 Å². The molecule has 0 aliphatic rings. The van der Waals surface area contributed by atoms with Crippen LogP contribution in [0, 0.1) is 0 Å². The predicted molar refractivity (Wildman–Crippen MR) is 103 cm³/mol. The molecule has 25 heavy (non-hydrogen) atoms. The maximum Gasteiger partial charge on any atom is 0.237 e. The average molecular weight is 332 g/mol. The number of carbonyl (C=O) groups is 1. The van der Waals surface area contributed by atoms with Crippen LogP contribution >= 0.6 is 0 Å². The van der Waals surface area contributed by atoms with E-state index in [2.05, 4.69) is 46.6 Å². The van der Waals surface area contributed by atoms with Crippen LogP contribution in [0.1, 0.15) is 18.1 Å². The van der Waals surface area contributed by atoms with Crippen molar-refractivity contribution in [1.29, 1.82) is 0 Å². The summed E-state index contributed by atoms with van der Waals surface area (Å²) in [5.74, 6) is 0.0483. The van der Waals surface area contributed by atoms with Gasteiger partial charge in [0, 0.05) is 13.1 Å². The zero-order valence-corrected chi connectivity index (χ0v) is 14.8. The molecule has 0 radical (unpaired) electrons. The summed E-state index contributed by atoms with van der Waals surface area (Å²) in [4.78, 5) is 14.5. The topological polar surface area (TPSA) is 32.3 Å². The van der Waals surface area contributed by atoms with Crippen molar-refractivity contribution in [2.24, 2.45) is 0 Å². The first-order valence-corrected chi connectivity index (χ1v) is 8.63. The predicted octanol–water partition coefficient (Wildman–Crippen LogP) is 3.98. The maximum absolute atomic E-state index is 12.4. The minimum Gasteiger partial charge on any atom is -0.351 e. The molecular formula is C22H24N2O. The molecule has 1 N–H and O–H groups in total. The van der Waals surface area contributed by atoms with Crippen LogP contribution in [0.4, 0.5) is 0 Å². The van der Waals surface area contributed by atoms with Gasteiger partial charge in [0.15, 0.2) is 0 Å². The molecule has 1 amide bonds. The summed E-state index contributed by atoms with van der Waals surface area (Å²) < 4.78 is 0. The third-order valence-corrected chi connectivity index (χ3v) is 4.60. The first-order chi connectivity index (χ1) is 12.1. The van der Waals surface area contributed by atoms with E-state index >= 15 is 0 Å². The van der Waals surface area contributed by atoms with Gasteiger partial charge in [0.05, 0.1) is 6.04 Å². The van der Waals surface area contributed by atoms with Crippen molar-refractivity contribution < 1.29 is 4.79 Å². The van der Waals surface area contributed by atoms with Crippen LogP contribution in [-0.4, -0.2) is 23.9 Å². The van der Waals surface area contributed by atoms with E-state index in [-0.39, 0.29) is 11.9 Å². The van der Waals surface area contributed by atoms with Crippen molar-refractivity contribution in [3.05, 3.63) is 83.9 Å². The summed E-state index contributed by atoms with van der Waals surface area (Å²) in [5.41, 5.74) is 2.32. The number of benzene rings is 3. The molecule has 0 aliphatic heterocycles. The van der Waals surface area contributed by atoms with E-state index in [9.17, 15) is 4.79 Å². The van der Waals surface area contributed by atoms with Crippen LogP contribution in [-0.2, 0) is 17.9 Å². The summed E-state index contributed by atoms with van der Waals surface area (Å²) >= 11 is 0. The molecule has 1 unspecified atom stereocenters. The van der Waals surface area contributed by atoms with Crippen LogP contribution in [0.15, 0.2) is 72.8 Å². The summed E-state index contributed by atoms with van der Waals surface area (Å²) in [5, 5.41) is 5.48. The van der Waals surface area contributed by atoms with E-state index in [1.165, 1.54) is 16.3 Å². The Morgan fingerprint density at radius 1 is 0.920 bits per heavy atom. The van der Waals surface area contributed by atoms with Gasteiger partial charge in [0.1, 0.15) is 0 Å². The summed E-state index contributed by atoms with van der Waals surface area (Å²) in [7, 11) is 1.99. The Hall–Kier alpha value is -2.65. The standard InChI is InChI=1S/C22H24N2O/c1-17(22(25)23-15-18-8-4-3-5-9-18)24(2)16-19-12-13-20-10-6-7-11-21(20)14-19/h3-14,17H,15-16H2,1-2H3,(H,23,25). The summed E-state index contributed by atoms with van der Waals surface area (Å²) in [6.45, 7) is 3.25. The van der Waals surface area contributed by atoms with Gasteiger partial charge in [-0.2, -0.15) is 0 Å². The molecule has 0 aromatic heterocycles. The van der Waals surface area contributed by atoms with Gasteiger partial charge in [0.25, 0.3) is 0 Å². The highest BCUT2D eigenvalue weighted by Gasteiger charge is 2.17. The highest BCUT2D eigenvalue weighted by Crippen LogP contribution is 2.17. The Morgan fingerprint density at radius 3 is 2.36 bits per heavy atom. The lowest BCUT2D eigenvalue weighted by molar-refractivity contribution is -0.125. The molecule has 3 heteroatoms. The fourth-order valence-corrected chi connectivity index (χ4v) is 2.89. The van der Waals surface area contributed by atoms with Crippen LogP contribution in [0.25, 0.3) is 10.8 Å². The molecule has 0 spiro atoms. The average Bonchev–Trinajstić information content (AvgIpc) is 2.66. The molecule has 1 atom stereocenters. The third kappa shape index (κ3) is 4.46. The molecule has 0 saturated carbocycles. The Morgan fingerprint density at radius 2 is 1.60 bits per heavy atom. The van der Waals surface area contributed by atoms with E-state index in [0.29, 0.717) is 6.54 Å². The number of nitrogens with one attached hydrogen (secondary N) is 1. The number of hydrogen-bond acceptors (Lipinski definition) is 2. The van der Waals surface area contributed by atoms with Gasteiger partial charge < -0.3 is 5.32 Å². The molecule has 0 fully saturated rings. The molecule has 3 aromatic carbocycles. The van der Waals surface area contributed by atoms with Gasteiger partial charge in [-0.15, -0.1) is 0 Å². The SMILES string of the molecule is CC(C(=O)NCc1ccccc1)N(C)Cc1ccc2ccccc2c1. The summed E-state index contributed by atoms with van der Waals surface area (Å²) in [6.07, 6.45) is 0. The first kappa shape index (κ1) is 17.2. The van der Waals surface area contributed by atoms with Crippen molar-refractivity contribution in [3.8, 4) is 0 Å². The molecule has 0 aliphatic carbocycles. The van der Waals surface area contributed by atoms with E-state index in [1.807, 2.05) is 50.4 Å². The van der Waals surface area contributed by atoms with Crippen molar-refractivity contribution in [1.82, 2.24) is 10.2 Å². The lowest BCUT2D eigenvalue weighted by Gasteiger charge is -2.24. The molecule has 0 heterocycles.